The number of anilines is 2. The molecule has 0 spiro atoms. The van der Waals surface area contributed by atoms with Crippen LogP contribution < -0.4 is 10.6 Å². The van der Waals surface area contributed by atoms with Crippen LogP contribution in [-0.4, -0.2) is 47.2 Å². The molecule has 10 nitrogen and oxygen atoms in total. The summed E-state index contributed by atoms with van der Waals surface area (Å²) >= 11 is 1.22. The second kappa shape index (κ2) is 13.2. The summed E-state index contributed by atoms with van der Waals surface area (Å²) in [6.07, 6.45) is 2.59. The van der Waals surface area contributed by atoms with Crippen LogP contribution in [0, 0.1) is 6.92 Å². The smallest absolute Gasteiger partial charge is 0.338 e. The van der Waals surface area contributed by atoms with E-state index in [1.165, 1.54) is 11.3 Å². The Morgan fingerprint density at radius 2 is 1.69 bits per heavy atom. The van der Waals surface area contributed by atoms with Gasteiger partial charge in [-0.05, 0) is 37.6 Å². The summed E-state index contributed by atoms with van der Waals surface area (Å²) < 4.78 is 10.0. The van der Waals surface area contributed by atoms with E-state index in [0.717, 1.165) is 19.3 Å². The predicted octanol–water partition coefficient (Wildman–Crippen LogP) is 3.09. The minimum Gasteiger partial charge on any atom is -0.462 e. The van der Waals surface area contributed by atoms with Gasteiger partial charge in [0.15, 0.2) is 6.61 Å². The number of hydrogen-bond donors (Lipinski definition) is 2. The average molecular weight is 463 g/mol. The Hall–Kier alpha value is -3.34. The number of esters is 2. The molecule has 0 bridgehead atoms. The van der Waals surface area contributed by atoms with Crippen LogP contribution in [0.3, 0.4) is 0 Å². The van der Waals surface area contributed by atoms with E-state index < -0.39 is 30.4 Å². The molecule has 2 N–H and O–H groups in total. The second-order valence-electron chi connectivity index (χ2n) is 6.80. The molecule has 2 aromatic rings. The third-order valence-electron chi connectivity index (χ3n) is 4.08. The number of nitrogens with zero attached hydrogens (tertiary/aromatic N) is 2. The zero-order chi connectivity index (χ0) is 23.3. The maximum absolute atomic E-state index is 11.9. The molecule has 0 radical (unpaired) electrons. The lowest BCUT2D eigenvalue weighted by Crippen LogP contribution is -2.21. The summed E-state index contributed by atoms with van der Waals surface area (Å²) in [6.45, 7) is 3.71. The summed E-state index contributed by atoms with van der Waals surface area (Å²) in [5.41, 5.74) is 0.827. The Morgan fingerprint density at radius 3 is 2.34 bits per heavy atom. The molecule has 0 fully saturated rings. The predicted molar refractivity (Wildman–Crippen MR) is 118 cm³/mol. The molecule has 1 aromatic heterocycles. The van der Waals surface area contributed by atoms with Crippen LogP contribution in [0.5, 0.6) is 0 Å². The SMILES string of the molecule is CCCCCOC(=O)c1ccc(NC(=O)COC(=O)CCC(=O)Nc2nnc(C)s2)cc1. The van der Waals surface area contributed by atoms with Crippen molar-refractivity contribution in [3.05, 3.63) is 34.8 Å². The Balaban J connectivity index is 1.65. The van der Waals surface area contributed by atoms with Crippen molar-refractivity contribution < 1.29 is 28.7 Å². The first-order valence-corrected chi connectivity index (χ1v) is 11.0. The Labute approximate surface area is 189 Å². The first kappa shape index (κ1) is 24.9. The van der Waals surface area contributed by atoms with Crippen molar-refractivity contribution in [3.8, 4) is 0 Å². The van der Waals surface area contributed by atoms with Gasteiger partial charge in [0.05, 0.1) is 18.6 Å². The molecular formula is C21H26N4O6S. The number of ether oxygens (including phenoxy) is 2. The summed E-state index contributed by atoms with van der Waals surface area (Å²) in [6, 6.07) is 6.20. The maximum atomic E-state index is 11.9. The number of aromatic nitrogens is 2. The lowest BCUT2D eigenvalue weighted by atomic mass is 10.2. The summed E-state index contributed by atoms with van der Waals surface area (Å²) in [7, 11) is 0. The second-order valence-corrected chi connectivity index (χ2v) is 7.99. The highest BCUT2D eigenvalue weighted by molar-refractivity contribution is 7.15. The number of rotatable bonds is 12. The Morgan fingerprint density at radius 1 is 0.938 bits per heavy atom. The number of carbonyl (C=O) groups is 4. The van der Waals surface area contributed by atoms with Crippen LogP contribution in [0.4, 0.5) is 10.8 Å². The van der Waals surface area contributed by atoms with Crippen LogP contribution >= 0.6 is 11.3 Å². The number of carbonyl (C=O) groups excluding carboxylic acids is 4. The normalized spacial score (nSPS) is 10.3. The van der Waals surface area contributed by atoms with Gasteiger partial charge in [-0.1, -0.05) is 31.1 Å². The number of amides is 2. The minimum absolute atomic E-state index is 0.102. The maximum Gasteiger partial charge on any atom is 0.338 e. The first-order chi connectivity index (χ1) is 15.4. The molecule has 0 saturated carbocycles. The van der Waals surface area contributed by atoms with Crippen LogP contribution in [0.15, 0.2) is 24.3 Å². The molecule has 1 heterocycles. The number of aryl methyl sites for hydroxylation is 1. The van der Waals surface area contributed by atoms with Crippen LogP contribution in [-0.2, 0) is 23.9 Å². The van der Waals surface area contributed by atoms with Crippen LogP contribution in [0.25, 0.3) is 0 Å². The van der Waals surface area contributed by atoms with Crippen molar-refractivity contribution in [2.45, 2.75) is 46.0 Å². The lowest BCUT2D eigenvalue weighted by Gasteiger charge is -2.08. The van der Waals surface area contributed by atoms with Gasteiger partial charge in [0.25, 0.3) is 5.91 Å². The van der Waals surface area contributed by atoms with E-state index >= 15 is 0 Å². The summed E-state index contributed by atoms with van der Waals surface area (Å²) in [5.74, 6) is -2.03. The van der Waals surface area contributed by atoms with Crippen LogP contribution in [0.2, 0.25) is 0 Å². The number of benzene rings is 1. The van der Waals surface area contributed by atoms with Crippen molar-refractivity contribution in [2.24, 2.45) is 0 Å². The zero-order valence-corrected chi connectivity index (χ0v) is 18.8. The van der Waals surface area contributed by atoms with Gasteiger partial charge in [-0.25, -0.2) is 4.79 Å². The highest BCUT2D eigenvalue weighted by atomic mass is 32.1. The highest BCUT2D eigenvalue weighted by Gasteiger charge is 2.13. The molecule has 11 heteroatoms. The zero-order valence-electron chi connectivity index (χ0n) is 18.0. The standard InChI is InChI=1S/C21H26N4O6S/c1-3-4-5-12-30-20(29)15-6-8-16(9-7-15)22-18(27)13-31-19(28)11-10-17(26)23-21-25-24-14(2)32-21/h6-9H,3-5,10-13H2,1-2H3,(H,22,27)(H,23,25,26). The van der Waals surface area contributed by atoms with Crippen molar-refractivity contribution >= 4 is 45.9 Å². The van der Waals surface area contributed by atoms with Gasteiger partial charge in [-0.2, -0.15) is 0 Å². The molecule has 172 valence electrons. The highest BCUT2D eigenvalue weighted by Crippen LogP contribution is 2.14. The van der Waals surface area contributed by atoms with Gasteiger partial charge in [-0.15, -0.1) is 10.2 Å². The molecule has 0 aliphatic carbocycles. The summed E-state index contributed by atoms with van der Waals surface area (Å²) in [4.78, 5) is 47.4. The fourth-order valence-corrected chi connectivity index (χ4v) is 3.06. The minimum atomic E-state index is -0.676. The lowest BCUT2D eigenvalue weighted by molar-refractivity contribution is -0.147. The molecule has 2 rings (SSSR count). The number of unbranched alkanes of at least 4 members (excludes halogenated alkanes) is 2. The van der Waals surface area contributed by atoms with Gasteiger partial charge in [0, 0.05) is 12.1 Å². The Kier molecular flexibility index (Phi) is 10.2. The fourth-order valence-electron chi connectivity index (χ4n) is 2.45. The quantitative estimate of drug-likeness (QED) is 0.363. The van der Waals surface area contributed by atoms with Crippen molar-refractivity contribution in [1.82, 2.24) is 10.2 Å². The molecule has 0 aliphatic heterocycles. The summed E-state index contributed by atoms with van der Waals surface area (Å²) in [5, 5.41) is 13.7. The number of nitrogens with one attached hydrogen (secondary N) is 2. The molecular weight excluding hydrogens is 436 g/mol. The topological polar surface area (TPSA) is 137 Å². The van der Waals surface area contributed by atoms with Crippen LogP contribution in [0.1, 0.15) is 54.4 Å². The van der Waals surface area contributed by atoms with E-state index in [1.54, 1.807) is 31.2 Å². The van der Waals surface area contributed by atoms with E-state index in [9.17, 15) is 19.2 Å². The molecule has 0 atom stereocenters. The van der Waals surface area contributed by atoms with Crippen molar-refractivity contribution in [1.29, 1.82) is 0 Å². The van der Waals surface area contributed by atoms with Gasteiger partial charge < -0.3 is 20.1 Å². The molecule has 2 amide bonds. The largest absolute Gasteiger partial charge is 0.462 e. The van der Waals surface area contributed by atoms with Gasteiger partial charge in [-0.3, -0.25) is 14.4 Å². The average Bonchev–Trinajstić information content (AvgIpc) is 3.18. The van der Waals surface area contributed by atoms with E-state index in [0.29, 0.717) is 28.0 Å². The van der Waals surface area contributed by atoms with E-state index in [4.69, 9.17) is 9.47 Å². The van der Waals surface area contributed by atoms with E-state index in [2.05, 4.69) is 27.8 Å². The molecule has 0 aliphatic rings. The van der Waals surface area contributed by atoms with Gasteiger partial charge in [0.1, 0.15) is 5.01 Å². The number of hydrogen-bond acceptors (Lipinski definition) is 9. The molecule has 0 saturated heterocycles. The monoisotopic (exact) mass is 462 g/mol. The third-order valence-corrected chi connectivity index (χ3v) is 4.83. The fraction of sp³-hybridized carbons (Fsp3) is 0.429. The molecule has 32 heavy (non-hydrogen) atoms. The van der Waals surface area contributed by atoms with Gasteiger partial charge >= 0.3 is 11.9 Å². The van der Waals surface area contributed by atoms with Gasteiger partial charge in [0.2, 0.25) is 11.0 Å². The van der Waals surface area contributed by atoms with Crippen molar-refractivity contribution in [2.75, 3.05) is 23.8 Å². The molecule has 0 unspecified atom stereocenters. The van der Waals surface area contributed by atoms with E-state index in [1.807, 2.05) is 0 Å². The first-order valence-electron chi connectivity index (χ1n) is 10.2. The van der Waals surface area contributed by atoms with Crippen molar-refractivity contribution in [3.63, 3.8) is 0 Å². The Bertz CT molecular complexity index is 929. The molecule has 1 aromatic carbocycles. The third kappa shape index (κ3) is 9.21. The van der Waals surface area contributed by atoms with E-state index in [-0.39, 0.29) is 12.8 Å².